The van der Waals surface area contributed by atoms with Crippen LogP contribution in [0.15, 0.2) is 30.5 Å². The summed E-state index contributed by atoms with van der Waals surface area (Å²) < 4.78 is 132. The normalized spacial score (nSPS) is 24.0. The second-order valence-electron chi connectivity index (χ2n) is 9.95. The minimum Gasteiger partial charge on any atom is -0.439 e. The first kappa shape index (κ1) is 30.7. The third kappa shape index (κ3) is 6.81. The minimum atomic E-state index is -5.12. The quantitative estimate of drug-likeness (QED) is 0.347. The summed E-state index contributed by atoms with van der Waals surface area (Å²) in [4.78, 5) is 17.7. The molecular weight excluding hydrogens is 573 g/mol. The van der Waals surface area contributed by atoms with Crippen LogP contribution in [0.2, 0.25) is 0 Å². The number of carbonyl (C=O) groups excluding carboxylic acids is 1. The van der Waals surface area contributed by atoms with Gasteiger partial charge in [-0.05, 0) is 56.0 Å². The van der Waals surface area contributed by atoms with E-state index in [9.17, 15) is 44.3 Å². The van der Waals surface area contributed by atoms with Crippen molar-refractivity contribution in [3.63, 3.8) is 0 Å². The first-order chi connectivity index (χ1) is 19.0. The van der Waals surface area contributed by atoms with Gasteiger partial charge in [0.05, 0.1) is 41.4 Å². The molecule has 0 spiro atoms. The third-order valence-electron chi connectivity index (χ3n) is 7.13. The van der Waals surface area contributed by atoms with Crippen molar-refractivity contribution in [2.24, 2.45) is 0 Å². The first-order valence-corrected chi connectivity index (χ1v) is 12.7. The van der Waals surface area contributed by atoms with Crippen molar-refractivity contribution in [1.82, 2.24) is 9.88 Å². The number of amides is 1. The molecule has 4 rings (SSSR count). The van der Waals surface area contributed by atoms with Crippen LogP contribution < -0.4 is 5.32 Å². The number of rotatable bonds is 6. The van der Waals surface area contributed by atoms with Gasteiger partial charge < -0.3 is 14.8 Å². The number of halogens is 9. The van der Waals surface area contributed by atoms with Crippen LogP contribution in [0.3, 0.4) is 0 Å². The number of nitrogens with zero attached hydrogens (tertiary/aromatic N) is 2. The van der Waals surface area contributed by atoms with E-state index in [2.05, 4.69) is 10.3 Å². The molecule has 2 aromatic rings. The third-order valence-corrected chi connectivity index (χ3v) is 7.13. The molecule has 1 aromatic heterocycles. The van der Waals surface area contributed by atoms with Crippen LogP contribution in [0.5, 0.6) is 0 Å². The van der Waals surface area contributed by atoms with Crippen LogP contribution in [-0.2, 0) is 34.5 Å². The summed E-state index contributed by atoms with van der Waals surface area (Å²) in [5.74, 6) is 0.0360. The lowest BCUT2D eigenvalue weighted by atomic mass is 9.97. The largest absolute Gasteiger partial charge is 0.439 e. The number of ether oxygens (including phenoxy) is 2. The van der Waals surface area contributed by atoms with Gasteiger partial charge in [-0.3, -0.25) is 4.90 Å². The van der Waals surface area contributed by atoms with E-state index in [1.54, 1.807) is 0 Å². The summed E-state index contributed by atoms with van der Waals surface area (Å²) >= 11 is 0. The molecule has 0 saturated carbocycles. The molecule has 0 aliphatic carbocycles. The Labute approximate surface area is 228 Å². The second-order valence-corrected chi connectivity index (χ2v) is 9.95. The summed E-state index contributed by atoms with van der Waals surface area (Å²) in [6.07, 6.45) is -15.4. The Balaban J connectivity index is 1.67. The highest BCUT2D eigenvalue weighted by atomic mass is 19.4. The molecule has 0 radical (unpaired) electrons. The summed E-state index contributed by atoms with van der Waals surface area (Å²) in [5.41, 5.74) is -4.89. The fourth-order valence-corrected chi connectivity index (χ4v) is 4.99. The predicted molar refractivity (Wildman–Crippen MR) is 127 cm³/mol. The zero-order valence-electron chi connectivity index (χ0n) is 21.8. The molecule has 1 amide bonds. The Morgan fingerprint density at radius 3 is 2.12 bits per heavy atom. The van der Waals surface area contributed by atoms with E-state index in [-0.39, 0.29) is 29.6 Å². The molecule has 15 heteroatoms. The number of hydrogen-bond donors (Lipinski definition) is 1. The number of hydrogen-bond acceptors (Lipinski definition) is 5. The van der Waals surface area contributed by atoms with Crippen molar-refractivity contribution in [2.45, 2.75) is 82.5 Å². The molecule has 1 aromatic carbocycles. The Bertz CT molecular complexity index is 1230. The number of benzene rings is 1. The van der Waals surface area contributed by atoms with Gasteiger partial charge in [0.1, 0.15) is 11.9 Å². The topological polar surface area (TPSA) is 63.7 Å². The van der Waals surface area contributed by atoms with E-state index in [0.29, 0.717) is 44.2 Å². The SMILES string of the molecule is CCC1OCCCC1Nc1ncc(C(F)(F)F)cc1CN1C(=O)O[C@H](c2cc(C(F)(F)F)cc(C(F)(F)F)c2)[C@@H]1C. The van der Waals surface area contributed by atoms with Crippen LogP contribution in [0.4, 0.5) is 50.1 Å². The molecule has 2 aliphatic heterocycles. The maximum atomic E-state index is 13.5. The van der Waals surface area contributed by atoms with Crippen LogP contribution in [0, 0.1) is 0 Å². The molecule has 2 aliphatic rings. The molecule has 1 N–H and O–H groups in total. The van der Waals surface area contributed by atoms with Gasteiger partial charge in [-0.1, -0.05) is 6.92 Å². The second kappa shape index (κ2) is 11.2. The molecule has 2 unspecified atom stereocenters. The van der Waals surface area contributed by atoms with Gasteiger partial charge in [0.2, 0.25) is 0 Å². The maximum Gasteiger partial charge on any atom is 0.417 e. The minimum absolute atomic E-state index is 0.0360. The molecule has 3 heterocycles. The number of anilines is 1. The highest BCUT2D eigenvalue weighted by molar-refractivity contribution is 5.71. The summed E-state index contributed by atoms with van der Waals surface area (Å²) in [7, 11) is 0. The van der Waals surface area contributed by atoms with Crippen LogP contribution in [-0.4, -0.2) is 40.8 Å². The van der Waals surface area contributed by atoms with E-state index in [0.717, 1.165) is 11.0 Å². The summed E-state index contributed by atoms with van der Waals surface area (Å²) in [5, 5.41) is 3.09. The molecule has 2 saturated heterocycles. The van der Waals surface area contributed by atoms with Crippen molar-refractivity contribution in [2.75, 3.05) is 11.9 Å². The molecule has 6 nitrogen and oxygen atoms in total. The molecule has 2 fully saturated rings. The van der Waals surface area contributed by atoms with Crippen LogP contribution in [0.25, 0.3) is 0 Å². The van der Waals surface area contributed by atoms with Crippen LogP contribution in [0.1, 0.15) is 67.0 Å². The van der Waals surface area contributed by atoms with Gasteiger partial charge in [0.25, 0.3) is 0 Å². The zero-order chi connectivity index (χ0) is 30.3. The Kier molecular flexibility index (Phi) is 8.40. The van der Waals surface area contributed by atoms with E-state index < -0.39 is 65.6 Å². The zero-order valence-corrected chi connectivity index (χ0v) is 21.8. The molecule has 4 atom stereocenters. The van der Waals surface area contributed by atoms with Crippen LogP contribution >= 0.6 is 0 Å². The van der Waals surface area contributed by atoms with Gasteiger partial charge in [0, 0.05) is 18.4 Å². The van der Waals surface area contributed by atoms with E-state index >= 15 is 0 Å². The summed E-state index contributed by atoms with van der Waals surface area (Å²) in [6.45, 7) is 3.21. The van der Waals surface area contributed by atoms with Gasteiger partial charge >= 0.3 is 24.6 Å². The van der Waals surface area contributed by atoms with Crippen molar-refractivity contribution < 1.29 is 53.8 Å². The van der Waals surface area contributed by atoms with Crippen molar-refractivity contribution >= 4 is 11.9 Å². The van der Waals surface area contributed by atoms with Crippen molar-refractivity contribution in [1.29, 1.82) is 0 Å². The monoisotopic (exact) mass is 599 g/mol. The number of alkyl halides is 9. The average Bonchev–Trinajstić information content (AvgIpc) is 3.16. The number of nitrogens with one attached hydrogen (secondary N) is 1. The fraction of sp³-hybridized carbons (Fsp3) is 0.538. The number of aromatic nitrogens is 1. The van der Waals surface area contributed by atoms with Crippen molar-refractivity contribution in [3.8, 4) is 0 Å². The Morgan fingerprint density at radius 2 is 1.56 bits per heavy atom. The van der Waals surface area contributed by atoms with Crippen molar-refractivity contribution in [3.05, 3.63) is 58.3 Å². The lowest BCUT2D eigenvalue weighted by molar-refractivity contribution is -0.143. The molecular formula is C26H26F9N3O3. The fourth-order valence-electron chi connectivity index (χ4n) is 4.99. The smallest absolute Gasteiger partial charge is 0.417 e. The summed E-state index contributed by atoms with van der Waals surface area (Å²) in [6, 6.07) is 0.224. The van der Waals surface area contributed by atoms with Gasteiger partial charge in [-0.25, -0.2) is 9.78 Å². The van der Waals surface area contributed by atoms with Gasteiger partial charge in [-0.15, -0.1) is 0 Å². The Hall–Kier alpha value is -3.23. The highest BCUT2D eigenvalue weighted by Gasteiger charge is 2.44. The van der Waals surface area contributed by atoms with E-state index in [4.69, 9.17) is 9.47 Å². The van der Waals surface area contributed by atoms with Gasteiger partial charge in [-0.2, -0.15) is 39.5 Å². The average molecular weight is 599 g/mol. The van der Waals surface area contributed by atoms with E-state index in [1.165, 1.54) is 6.92 Å². The van der Waals surface area contributed by atoms with E-state index in [1.807, 2.05) is 6.92 Å². The number of cyclic esters (lactones) is 1. The lowest BCUT2D eigenvalue weighted by Gasteiger charge is -2.33. The van der Waals surface area contributed by atoms with Gasteiger partial charge in [0.15, 0.2) is 0 Å². The maximum absolute atomic E-state index is 13.5. The number of pyridine rings is 1. The Morgan fingerprint density at radius 1 is 0.951 bits per heavy atom. The molecule has 226 valence electrons. The number of carbonyl (C=O) groups is 1. The molecule has 41 heavy (non-hydrogen) atoms. The predicted octanol–water partition coefficient (Wildman–Crippen LogP) is 7.59. The standard InChI is InChI=1S/C26H26F9N3O3/c1-3-20-19(5-4-6-40-20)37-22-15(9-18(11-36-22)26(33,34)35)12-38-13(2)21(41-23(38)39)14-7-16(24(27,28)29)10-17(8-14)25(30,31)32/h7-11,13,19-21H,3-6,12H2,1-2H3,(H,36,37)/t13-,19?,20?,21-/m0/s1. The highest BCUT2D eigenvalue weighted by Crippen LogP contribution is 2.41. The molecule has 0 bridgehead atoms. The first-order valence-electron chi connectivity index (χ1n) is 12.7. The lowest BCUT2D eigenvalue weighted by Crippen LogP contribution is -2.40.